The predicted octanol–water partition coefficient (Wildman–Crippen LogP) is 1.77. The van der Waals surface area contributed by atoms with Crippen LogP contribution in [0.2, 0.25) is 0 Å². The van der Waals surface area contributed by atoms with Gasteiger partial charge in [0.2, 0.25) is 0 Å². The zero-order chi connectivity index (χ0) is 11.0. The first-order valence-electron chi connectivity index (χ1n) is 5.17. The first-order valence-corrected chi connectivity index (χ1v) is 5.17. The van der Waals surface area contributed by atoms with Gasteiger partial charge in [-0.05, 0) is 12.5 Å². The minimum atomic E-state index is 0.304. The largest absolute Gasteiger partial charge is 0.376 e. The summed E-state index contributed by atoms with van der Waals surface area (Å²) in [7, 11) is 0. The number of rotatable bonds is 2. The van der Waals surface area contributed by atoms with Crippen LogP contribution in [0.15, 0.2) is 18.6 Å². The van der Waals surface area contributed by atoms with Crippen LogP contribution in [0.3, 0.4) is 0 Å². The van der Waals surface area contributed by atoms with Crippen LogP contribution in [0, 0.1) is 6.57 Å². The van der Waals surface area contributed by atoms with Crippen molar-refractivity contribution in [1.82, 2.24) is 14.5 Å². The highest BCUT2D eigenvalue weighted by atomic mass is 16.5. The summed E-state index contributed by atoms with van der Waals surface area (Å²) in [6.07, 6.45) is 4.89. The van der Waals surface area contributed by atoms with E-state index in [4.69, 9.17) is 11.3 Å². The highest BCUT2D eigenvalue weighted by Gasteiger charge is 2.19. The molecule has 1 atom stereocenters. The Kier molecular flexibility index (Phi) is 2.08. The molecule has 0 N–H and O–H groups in total. The summed E-state index contributed by atoms with van der Waals surface area (Å²) in [6, 6.07) is 1.71. The van der Waals surface area contributed by atoms with Crippen molar-refractivity contribution >= 4 is 16.9 Å². The SMILES string of the molecule is [C-]#[N+]c1cc2ncn(CC3CCO3)c2cn1. The smallest absolute Gasteiger partial charge is 0.271 e. The summed E-state index contributed by atoms with van der Waals surface area (Å²) in [5, 5.41) is 0. The van der Waals surface area contributed by atoms with Crippen molar-refractivity contribution in [2.45, 2.75) is 19.1 Å². The minimum absolute atomic E-state index is 0.304. The van der Waals surface area contributed by atoms with E-state index >= 15 is 0 Å². The van der Waals surface area contributed by atoms with Gasteiger partial charge in [0, 0.05) is 6.61 Å². The molecule has 2 aromatic rings. The van der Waals surface area contributed by atoms with Crippen molar-refractivity contribution in [3.8, 4) is 0 Å². The molecule has 1 saturated heterocycles. The standard InChI is InChI=1S/C11H10N4O/c1-12-11-4-9-10(5-13-11)15(7-14-9)6-8-2-3-16-8/h4-5,7-8H,2-3,6H2. The molecule has 1 unspecified atom stereocenters. The molecular weight excluding hydrogens is 204 g/mol. The predicted molar refractivity (Wildman–Crippen MR) is 58.1 cm³/mol. The zero-order valence-electron chi connectivity index (χ0n) is 8.63. The maximum atomic E-state index is 6.89. The molecule has 0 bridgehead atoms. The summed E-state index contributed by atoms with van der Waals surface area (Å²) in [4.78, 5) is 11.6. The van der Waals surface area contributed by atoms with Gasteiger partial charge in [0.05, 0.1) is 24.5 Å². The van der Waals surface area contributed by atoms with Crippen LogP contribution in [-0.4, -0.2) is 27.2 Å². The number of pyridine rings is 1. The molecule has 3 rings (SSSR count). The molecule has 0 spiro atoms. The van der Waals surface area contributed by atoms with Gasteiger partial charge in [0.15, 0.2) is 0 Å². The number of imidazole rings is 1. The fraction of sp³-hybridized carbons (Fsp3) is 0.364. The third-order valence-corrected chi connectivity index (χ3v) is 2.80. The highest BCUT2D eigenvalue weighted by Crippen LogP contribution is 2.20. The van der Waals surface area contributed by atoms with Crippen molar-refractivity contribution in [2.75, 3.05) is 6.61 Å². The summed E-state index contributed by atoms with van der Waals surface area (Å²) in [5.74, 6) is 0.387. The van der Waals surface area contributed by atoms with Crippen molar-refractivity contribution in [2.24, 2.45) is 0 Å². The van der Waals surface area contributed by atoms with Gasteiger partial charge < -0.3 is 14.1 Å². The van der Waals surface area contributed by atoms with E-state index in [1.165, 1.54) is 0 Å². The van der Waals surface area contributed by atoms with E-state index in [1.807, 2.05) is 4.57 Å². The lowest BCUT2D eigenvalue weighted by Gasteiger charge is -2.26. The maximum absolute atomic E-state index is 6.89. The van der Waals surface area contributed by atoms with E-state index < -0.39 is 0 Å². The van der Waals surface area contributed by atoms with Gasteiger partial charge >= 0.3 is 0 Å². The maximum Gasteiger partial charge on any atom is 0.271 e. The molecule has 1 aliphatic rings. The van der Waals surface area contributed by atoms with Gasteiger partial charge in [0.1, 0.15) is 11.7 Å². The number of fused-ring (bicyclic) bond motifs is 1. The number of aromatic nitrogens is 3. The van der Waals surface area contributed by atoms with Crippen molar-refractivity contribution in [3.63, 3.8) is 0 Å². The monoisotopic (exact) mass is 214 g/mol. The summed E-state index contributed by atoms with van der Waals surface area (Å²) >= 11 is 0. The number of hydrogen-bond acceptors (Lipinski definition) is 3. The van der Waals surface area contributed by atoms with Crippen LogP contribution < -0.4 is 0 Å². The molecule has 0 saturated carbocycles. The second-order valence-corrected chi connectivity index (χ2v) is 3.82. The van der Waals surface area contributed by atoms with E-state index in [0.717, 1.165) is 30.6 Å². The topological polar surface area (TPSA) is 44.3 Å². The van der Waals surface area contributed by atoms with Crippen LogP contribution in [0.25, 0.3) is 15.9 Å². The second kappa shape index (κ2) is 3.58. The van der Waals surface area contributed by atoms with Crippen LogP contribution in [0.1, 0.15) is 6.42 Å². The van der Waals surface area contributed by atoms with E-state index in [-0.39, 0.29) is 0 Å². The molecular formula is C11H10N4O. The second-order valence-electron chi connectivity index (χ2n) is 3.82. The molecule has 0 aromatic carbocycles. The average Bonchev–Trinajstić information content (AvgIpc) is 2.65. The molecule has 16 heavy (non-hydrogen) atoms. The third-order valence-electron chi connectivity index (χ3n) is 2.80. The molecule has 0 radical (unpaired) electrons. The quantitative estimate of drug-likeness (QED) is 0.715. The average molecular weight is 214 g/mol. The molecule has 80 valence electrons. The molecule has 2 aromatic heterocycles. The Bertz CT molecular complexity index is 565. The van der Waals surface area contributed by atoms with Crippen molar-refractivity contribution in [1.29, 1.82) is 0 Å². The van der Waals surface area contributed by atoms with E-state index in [2.05, 4.69) is 14.8 Å². The molecule has 1 aliphatic heterocycles. The van der Waals surface area contributed by atoms with Crippen LogP contribution >= 0.6 is 0 Å². The van der Waals surface area contributed by atoms with Crippen molar-refractivity contribution in [3.05, 3.63) is 30.0 Å². The first-order chi connectivity index (χ1) is 7.86. The normalized spacial score (nSPS) is 19.3. The van der Waals surface area contributed by atoms with Gasteiger partial charge in [-0.25, -0.2) is 4.98 Å². The summed E-state index contributed by atoms with van der Waals surface area (Å²) in [6.45, 7) is 8.56. The number of hydrogen-bond donors (Lipinski definition) is 0. The highest BCUT2D eigenvalue weighted by molar-refractivity contribution is 5.77. The number of nitrogens with zero attached hydrogens (tertiary/aromatic N) is 4. The lowest BCUT2D eigenvalue weighted by Crippen LogP contribution is -2.30. The van der Waals surface area contributed by atoms with E-state index in [1.54, 1.807) is 18.6 Å². The van der Waals surface area contributed by atoms with Crippen LogP contribution in [-0.2, 0) is 11.3 Å². The number of ether oxygens (including phenoxy) is 1. The van der Waals surface area contributed by atoms with E-state index in [0.29, 0.717) is 11.9 Å². The Balaban J connectivity index is 1.97. The molecule has 0 aliphatic carbocycles. The van der Waals surface area contributed by atoms with Gasteiger partial charge in [-0.2, -0.15) is 0 Å². The zero-order valence-corrected chi connectivity index (χ0v) is 8.63. The Labute approximate surface area is 92.5 Å². The Hall–Kier alpha value is -1.93. The first kappa shape index (κ1) is 9.31. The van der Waals surface area contributed by atoms with E-state index in [9.17, 15) is 0 Å². The third kappa shape index (κ3) is 1.44. The summed E-state index contributed by atoms with van der Waals surface area (Å²) < 4.78 is 7.41. The van der Waals surface area contributed by atoms with Crippen molar-refractivity contribution < 1.29 is 4.74 Å². The minimum Gasteiger partial charge on any atom is -0.376 e. The molecule has 0 amide bonds. The fourth-order valence-corrected chi connectivity index (χ4v) is 1.80. The lowest BCUT2D eigenvalue weighted by molar-refractivity contribution is -0.0586. The molecule has 3 heterocycles. The van der Waals surface area contributed by atoms with Crippen LogP contribution in [0.4, 0.5) is 5.82 Å². The Morgan fingerprint density at radius 2 is 2.44 bits per heavy atom. The van der Waals surface area contributed by atoms with Gasteiger partial charge in [-0.15, -0.1) is 4.98 Å². The lowest BCUT2D eigenvalue weighted by atomic mass is 10.2. The molecule has 5 heteroatoms. The van der Waals surface area contributed by atoms with Gasteiger partial charge in [0.25, 0.3) is 5.82 Å². The van der Waals surface area contributed by atoms with Gasteiger partial charge in [-0.3, -0.25) is 0 Å². The van der Waals surface area contributed by atoms with Crippen LogP contribution in [0.5, 0.6) is 0 Å². The molecule has 5 nitrogen and oxygen atoms in total. The fourth-order valence-electron chi connectivity index (χ4n) is 1.80. The Morgan fingerprint density at radius 3 is 3.12 bits per heavy atom. The summed E-state index contributed by atoms with van der Waals surface area (Å²) in [5.41, 5.74) is 1.78. The molecule has 1 fully saturated rings. The Morgan fingerprint density at radius 1 is 1.56 bits per heavy atom. The van der Waals surface area contributed by atoms with Gasteiger partial charge in [-0.1, -0.05) is 6.57 Å².